The molecule has 246 valence electrons. The van der Waals surface area contributed by atoms with Crippen molar-refractivity contribution >= 4 is 121 Å². The Balaban J connectivity index is 1.20. The SMILES string of the molecule is c1ccc2c(c1)[nH]c1cc3c4ccccc4n(-c4c5ccccc5c(-n5c6ccccc6c6cc7[nH]c8ccccc8c7cc65)c5nsnc45)c3cc12. The fourth-order valence-electron chi connectivity index (χ4n) is 9.21. The van der Waals surface area contributed by atoms with Crippen molar-refractivity contribution in [3.05, 3.63) is 146 Å². The van der Waals surface area contributed by atoms with Crippen molar-refractivity contribution in [1.29, 1.82) is 0 Å². The van der Waals surface area contributed by atoms with E-state index in [1.54, 1.807) is 0 Å². The van der Waals surface area contributed by atoms with Crippen molar-refractivity contribution in [2.75, 3.05) is 0 Å². The van der Waals surface area contributed by atoms with E-state index in [4.69, 9.17) is 8.75 Å². The number of hydrogen-bond acceptors (Lipinski definition) is 3. The predicted molar refractivity (Wildman–Crippen MR) is 222 cm³/mol. The van der Waals surface area contributed by atoms with E-state index in [9.17, 15) is 0 Å². The van der Waals surface area contributed by atoms with Crippen LogP contribution in [0.1, 0.15) is 0 Å². The van der Waals surface area contributed by atoms with Crippen molar-refractivity contribution in [2.45, 2.75) is 0 Å². The Morgan fingerprint density at radius 2 is 0.736 bits per heavy atom. The summed E-state index contributed by atoms with van der Waals surface area (Å²) in [7, 11) is 0. The van der Waals surface area contributed by atoms with Crippen molar-refractivity contribution < 1.29 is 0 Å². The highest BCUT2D eigenvalue weighted by Gasteiger charge is 2.26. The third kappa shape index (κ3) is 3.52. The summed E-state index contributed by atoms with van der Waals surface area (Å²) in [6.07, 6.45) is 0. The molecule has 0 aliphatic carbocycles. The van der Waals surface area contributed by atoms with Gasteiger partial charge in [0.15, 0.2) is 0 Å². The van der Waals surface area contributed by atoms with E-state index in [2.05, 4.69) is 165 Å². The molecule has 0 fully saturated rings. The van der Waals surface area contributed by atoms with Gasteiger partial charge in [-0.05, 0) is 48.5 Å². The minimum absolute atomic E-state index is 0.893. The van der Waals surface area contributed by atoms with E-state index in [1.807, 2.05) is 0 Å². The van der Waals surface area contributed by atoms with Crippen LogP contribution in [0.2, 0.25) is 0 Å². The molecule has 0 amide bonds. The van der Waals surface area contributed by atoms with Gasteiger partial charge in [-0.1, -0.05) is 97.1 Å². The Kier molecular flexibility index (Phi) is 5.17. The lowest BCUT2D eigenvalue weighted by molar-refractivity contribution is 1.19. The third-order valence-corrected chi connectivity index (χ3v) is 11.9. The van der Waals surface area contributed by atoms with Crippen molar-refractivity contribution in [3.63, 3.8) is 0 Å². The predicted octanol–water partition coefficient (Wildman–Crippen LogP) is 12.3. The number of nitrogens with zero attached hydrogens (tertiary/aromatic N) is 4. The zero-order valence-corrected chi connectivity index (χ0v) is 28.9. The van der Waals surface area contributed by atoms with Crippen LogP contribution >= 0.6 is 11.7 Å². The summed E-state index contributed by atoms with van der Waals surface area (Å²) in [6.45, 7) is 0. The molecule has 0 aliphatic heterocycles. The largest absolute Gasteiger partial charge is 0.354 e. The number of fused-ring (bicyclic) bond motifs is 14. The van der Waals surface area contributed by atoms with E-state index in [0.29, 0.717) is 0 Å². The number of hydrogen-bond donors (Lipinski definition) is 2. The fraction of sp³-hybridized carbons (Fsp3) is 0. The molecule has 0 saturated heterocycles. The van der Waals surface area contributed by atoms with E-state index < -0.39 is 0 Å². The van der Waals surface area contributed by atoms with Gasteiger partial charge in [-0.3, -0.25) is 0 Å². The van der Waals surface area contributed by atoms with Crippen LogP contribution in [0.4, 0.5) is 0 Å². The summed E-state index contributed by atoms with van der Waals surface area (Å²) in [5.41, 5.74) is 13.0. The van der Waals surface area contributed by atoms with Gasteiger partial charge in [0, 0.05) is 75.9 Å². The molecule has 0 aliphatic rings. The highest BCUT2D eigenvalue weighted by atomic mass is 32.1. The molecule has 0 bridgehead atoms. The second-order valence-electron chi connectivity index (χ2n) is 14.1. The monoisotopic (exact) mass is 694 g/mol. The molecule has 8 aromatic carbocycles. The minimum atomic E-state index is 0.893. The maximum absolute atomic E-state index is 5.14. The molecular weight excluding hydrogens is 669 g/mol. The Hall–Kier alpha value is -6.96. The number of H-pyrrole nitrogens is 2. The van der Waals surface area contributed by atoms with Crippen LogP contribution in [0.25, 0.3) is 120 Å². The van der Waals surface area contributed by atoms with E-state index in [1.165, 1.54) is 54.8 Å². The summed E-state index contributed by atoms with van der Waals surface area (Å²) in [6, 6.07) is 52.8. The van der Waals surface area contributed by atoms with Gasteiger partial charge in [-0.2, -0.15) is 8.75 Å². The average molecular weight is 695 g/mol. The van der Waals surface area contributed by atoms with Crippen LogP contribution in [-0.4, -0.2) is 27.8 Å². The summed E-state index contributed by atoms with van der Waals surface area (Å²) < 4.78 is 15.1. The zero-order chi connectivity index (χ0) is 34.4. The first-order chi connectivity index (χ1) is 26.3. The summed E-state index contributed by atoms with van der Waals surface area (Å²) in [5.74, 6) is 0. The molecule has 6 nitrogen and oxygen atoms in total. The average Bonchev–Trinajstić information content (AvgIpc) is 4.03. The summed E-state index contributed by atoms with van der Waals surface area (Å²) in [4.78, 5) is 7.35. The molecule has 2 N–H and O–H groups in total. The van der Waals surface area contributed by atoms with Gasteiger partial charge >= 0.3 is 0 Å². The van der Waals surface area contributed by atoms with Gasteiger partial charge in [-0.15, -0.1) is 0 Å². The number of benzene rings is 8. The van der Waals surface area contributed by atoms with Crippen molar-refractivity contribution in [3.8, 4) is 11.4 Å². The quantitative estimate of drug-likeness (QED) is 0.189. The molecule has 7 heteroatoms. The highest BCUT2D eigenvalue weighted by molar-refractivity contribution is 7.00. The molecule has 13 aromatic rings. The van der Waals surface area contributed by atoms with Gasteiger partial charge in [0.05, 0.1) is 45.2 Å². The third-order valence-electron chi connectivity index (χ3n) is 11.4. The molecule has 5 aromatic heterocycles. The number of aromatic nitrogens is 6. The van der Waals surface area contributed by atoms with E-state index in [-0.39, 0.29) is 0 Å². The van der Waals surface area contributed by atoms with E-state index in [0.717, 1.165) is 77.3 Å². The smallest absolute Gasteiger partial charge is 0.131 e. The molecule has 5 heterocycles. The molecule has 0 unspecified atom stereocenters. The van der Waals surface area contributed by atoms with Crippen molar-refractivity contribution in [2.24, 2.45) is 0 Å². The topological polar surface area (TPSA) is 67.2 Å². The summed E-state index contributed by atoms with van der Waals surface area (Å²) in [5, 5.41) is 11.9. The van der Waals surface area contributed by atoms with Gasteiger partial charge in [0.2, 0.25) is 0 Å². The minimum Gasteiger partial charge on any atom is -0.354 e. The molecule has 0 saturated carbocycles. The molecule has 53 heavy (non-hydrogen) atoms. The van der Waals surface area contributed by atoms with E-state index >= 15 is 0 Å². The first-order valence-electron chi connectivity index (χ1n) is 17.9. The maximum Gasteiger partial charge on any atom is 0.131 e. The van der Waals surface area contributed by atoms with Crippen LogP contribution in [-0.2, 0) is 0 Å². The number of aromatic amines is 2. The van der Waals surface area contributed by atoms with Crippen LogP contribution < -0.4 is 0 Å². The van der Waals surface area contributed by atoms with Crippen LogP contribution in [0.15, 0.2) is 146 Å². The second-order valence-corrected chi connectivity index (χ2v) is 14.6. The van der Waals surface area contributed by atoms with Gasteiger partial charge < -0.3 is 19.1 Å². The number of rotatable bonds is 2. The Morgan fingerprint density at radius 3 is 1.21 bits per heavy atom. The van der Waals surface area contributed by atoms with Crippen molar-refractivity contribution in [1.82, 2.24) is 27.8 Å². The molecule has 0 radical (unpaired) electrons. The Labute approximate surface area is 304 Å². The van der Waals surface area contributed by atoms with Gasteiger partial charge in [0.25, 0.3) is 0 Å². The highest BCUT2D eigenvalue weighted by Crippen LogP contribution is 2.45. The zero-order valence-electron chi connectivity index (χ0n) is 28.1. The lowest BCUT2D eigenvalue weighted by Gasteiger charge is -2.17. The lowest BCUT2D eigenvalue weighted by atomic mass is 10.0. The molecule has 0 atom stereocenters. The van der Waals surface area contributed by atoms with Crippen LogP contribution in [0.5, 0.6) is 0 Å². The number of para-hydroxylation sites is 4. The fourth-order valence-corrected chi connectivity index (χ4v) is 9.76. The Morgan fingerprint density at radius 1 is 0.340 bits per heavy atom. The normalized spacial score (nSPS) is 12.5. The van der Waals surface area contributed by atoms with Crippen LogP contribution in [0.3, 0.4) is 0 Å². The number of nitrogens with one attached hydrogen (secondary N) is 2. The standard InChI is InChI=1S/C46H26N6S/c1-2-16-30-29(15-1)45(51-39-19-9-5-13-27(39)33-21-37-31(23-41(33)51)25-11-3-7-17-35(25)47-37)43-44(50-53-49-43)46(30)52-40-20-10-6-14-28(40)34-22-38-32(24-42(34)52)26-12-4-8-18-36(26)48-38/h1-24,47-48H. The molecule has 0 spiro atoms. The Bertz CT molecular complexity index is 3460. The molecular formula is C46H26N6S. The lowest BCUT2D eigenvalue weighted by Crippen LogP contribution is -2.02. The van der Waals surface area contributed by atoms with Gasteiger partial charge in [-0.25, -0.2) is 0 Å². The maximum atomic E-state index is 5.14. The first-order valence-corrected chi connectivity index (χ1v) is 18.6. The van der Waals surface area contributed by atoms with Gasteiger partial charge in [0.1, 0.15) is 11.0 Å². The second kappa shape index (κ2) is 9.88. The van der Waals surface area contributed by atoms with Crippen LogP contribution in [0, 0.1) is 0 Å². The first kappa shape index (κ1) is 27.7. The summed E-state index contributed by atoms with van der Waals surface area (Å²) >= 11 is 1.28. The molecule has 13 rings (SSSR count).